The molecule has 0 aliphatic heterocycles. The van der Waals surface area contributed by atoms with E-state index in [9.17, 15) is 0 Å². The highest BCUT2D eigenvalue weighted by molar-refractivity contribution is 6.22. The first-order valence-corrected chi connectivity index (χ1v) is 23.0. The second-order valence-electron chi connectivity index (χ2n) is 18.2. The first kappa shape index (κ1) is 35.9. The molecule has 13 aromatic rings. The van der Waals surface area contributed by atoms with Crippen molar-refractivity contribution >= 4 is 65.0 Å². The van der Waals surface area contributed by atoms with Gasteiger partial charge in [0.25, 0.3) is 0 Å². The Morgan fingerprint density at radius 2 is 0.727 bits per heavy atom. The maximum absolute atomic E-state index is 6.24. The summed E-state index contributed by atoms with van der Waals surface area (Å²) in [6, 6.07) is 85.9. The van der Waals surface area contributed by atoms with Gasteiger partial charge in [-0.3, -0.25) is 0 Å². The van der Waals surface area contributed by atoms with Gasteiger partial charge in [0, 0.05) is 10.8 Å². The highest BCUT2D eigenvalue weighted by Crippen LogP contribution is 2.65. The molecule has 1 spiro atoms. The largest absolute Gasteiger partial charge is 0.456 e. The summed E-state index contributed by atoms with van der Waals surface area (Å²) in [7, 11) is 0. The highest BCUT2D eigenvalue weighted by atomic mass is 16.3. The summed E-state index contributed by atoms with van der Waals surface area (Å²) in [5, 5.41) is 12.4. The zero-order valence-electron chi connectivity index (χ0n) is 35.8. The second kappa shape index (κ2) is 13.3. The average molecular weight is 835 g/mol. The molecular formula is C65H38O. The van der Waals surface area contributed by atoms with Crippen LogP contribution in [0.2, 0.25) is 0 Å². The molecule has 66 heavy (non-hydrogen) atoms. The van der Waals surface area contributed by atoms with Gasteiger partial charge in [-0.1, -0.05) is 206 Å². The Labute approximate surface area is 381 Å². The highest BCUT2D eigenvalue weighted by Gasteiger charge is 2.53. The van der Waals surface area contributed by atoms with Crippen LogP contribution in [0.3, 0.4) is 0 Å². The number of benzene rings is 12. The van der Waals surface area contributed by atoms with E-state index in [-0.39, 0.29) is 0 Å². The quantitative estimate of drug-likeness (QED) is 0.162. The van der Waals surface area contributed by atoms with Crippen molar-refractivity contribution in [2.75, 3.05) is 0 Å². The molecule has 15 rings (SSSR count). The van der Waals surface area contributed by atoms with Crippen molar-refractivity contribution in [3.63, 3.8) is 0 Å². The molecule has 0 atom stereocenters. The minimum Gasteiger partial charge on any atom is -0.456 e. The molecule has 0 saturated heterocycles. The summed E-state index contributed by atoms with van der Waals surface area (Å²) in [4.78, 5) is 0. The van der Waals surface area contributed by atoms with E-state index in [4.69, 9.17) is 4.42 Å². The van der Waals surface area contributed by atoms with E-state index in [1.807, 2.05) is 6.07 Å². The first-order valence-electron chi connectivity index (χ1n) is 23.0. The molecule has 2 aliphatic rings. The minimum absolute atomic E-state index is 0.442. The van der Waals surface area contributed by atoms with Crippen LogP contribution < -0.4 is 0 Å². The molecule has 304 valence electrons. The molecule has 12 aromatic carbocycles. The van der Waals surface area contributed by atoms with Gasteiger partial charge in [-0.2, -0.15) is 0 Å². The molecular weight excluding hydrogens is 797 g/mol. The zero-order chi connectivity index (χ0) is 43.1. The summed E-state index contributed by atoms with van der Waals surface area (Å²) in [5.41, 5.74) is 19.6. The molecule has 0 fully saturated rings. The van der Waals surface area contributed by atoms with E-state index < -0.39 is 5.41 Å². The summed E-state index contributed by atoms with van der Waals surface area (Å²) in [5.74, 6) is 0. The Balaban J connectivity index is 0.885. The number of fused-ring (bicyclic) bond motifs is 19. The van der Waals surface area contributed by atoms with Gasteiger partial charge in [0.1, 0.15) is 11.2 Å². The third-order valence-electron chi connectivity index (χ3n) is 15.0. The molecule has 1 heteroatoms. The number of rotatable bonds is 3. The van der Waals surface area contributed by atoms with Crippen LogP contribution in [-0.4, -0.2) is 0 Å². The third kappa shape index (κ3) is 4.68. The fourth-order valence-electron chi connectivity index (χ4n) is 12.4. The Morgan fingerprint density at radius 1 is 0.258 bits per heavy atom. The normalized spacial score (nSPS) is 13.3. The summed E-state index contributed by atoms with van der Waals surface area (Å²) in [6.45, 7) is 0. The molecule has 1 heterocycles. The van der Waals surface area contributed by atoms with Crippen LogP contribution in [0.15, 0.2) is 235 Å². The van der Waals surface area contributed by atoms with Gasteiger partial charge >= 0.3 is 0 Å². The SMILES string of the molecule is c1ccc2c(c1)-c1ccccc1C21c2c(ccc3ccccc23)-c2ccc3cc(-c4ccc(-c5c6ccccc6c(-c6ccc7oc8ccccc8c7c6)c6ccccc56)cc4)ccc3c21. The van der Waals surface area contributed by atoms with Crippen molar-refractivity contribution < 1.29 is 4.42 Å². The number of furan rings is 1. The topological polar surface area (TPSA) is 13.1 Å². The minimum atomic E-state index is -0.442. The van der Waals surface area contributed by atoms with Crippen molar-refractivity contribution in [1.29, 1.82) is 0 Å². The van der Waals surface area contributed by atoms with Crippen molar-refractivity contribution in [2.24, 2.45) is 0 Å². The zero-order valence-corrected chi connectivity index (χ0v) is 35.8. The fourth-order valence-corrected chi connectivity index (χ4v) is 12.4. The molecule has 1 nitrogen and oxygen atoms in total. The van der Waals surface area contributed by atoms with E-state index >= 15 is 0 Å². The summed E-state index contributed by atoms with van der Waals surface area (Å²) in [6.07, 6.45) is 0. The van der Waals surface area contributed by atoms with E-state index in [2.05, 4.69) is 224 Å². The molecule has 0 bridgehead atoms. The van der Waals surface area contributed by atoms with Gasteiger partial charge in [-0.05, 0) is 145 Å². The van der Waals surface area contributed by atoms with Crippen molar-refractivity contribution in [3.8, 4) is 55.6 Å². The lowest BCUT2D eigenvalue weighted by Crippen LogP contribution is -2.26. The number of hydrogen-bond donors (Lipinski definition) is 0. The third-order valence-corrected chi connectivity index (χ3v) is 15.0. The Bertz CT molecular complexity index is 4120. The molecule has 0 saturated carbocycles. The second-order valence-corrected chi connectivity index (χ2v) is 18.2. The van der Waals surface area contributed by atoms with E-state index in [1.54, 1.807) is 0 Å². The van der Waals surface area contributed by atoms with Crippen LogP contribution in [-0.2, 0) is 5.41 Å². The van der Waals surface area contributed by atoms with Crippen LogP contribution in [0.4, 0.5) is 0 Å². The van der Waals surface area contributed by atoms with Crippen LogP contribution >= 0.6 is 0 Å². The average Bonchev–Trinajstić information content (AvgIpc) is 4.02. The standard InChI is InChI=1S/C65H38O/c1-2-14-45-40(13-1)29-34-54-55-35-31-43-37-42(30-33-46(43)64(55)65(63(45)54)57-22-10-7-15-47(57)48-16-8-11-23-58(48)65)39-25-27-41(28-26-39)61-50-18-3-5-20-52(50)62(53-21-6-4-19-51(53)61)44-32-36-60-56(38-44)49-17-9-12-24-59(49)66-60/h1-38H. The van der Waals surface area contributed by atoms with Crippen LogP contribution in [0.1, 0.15) is 22.3 Å². The lowest BCUT2D eigenvalue weighted by molar-refractivity contribution is 0.669. The lowest BCUT2D eigenvalue weighted by Gasteiger charge is -2.32. The molecule has 0 amide bonds. The summed E-state index contributed by atoms with van der Waals surface area (Å²) >= 11 is 0. The maximum Gasteiger partial charge on any atom is 0.135 e. The Morgan fingerprint density at radius 3 is 1.39 bits per heavy atom. The number of para-hydroxylation sites is 1. The smallest absolute Gasteiger partial charge is 0.135 e. The maximum atomic E-state index is 6.24. The predicted molar refractivity (Wildman–Crippen MR) is 276 cm³/mol. The van der Waals surface area contributed by atoms with Gasteiger partial charge < -0.3 is 4.42 Å². The van der Waals surface area contributed by atoms with E-state index in [0.717, 1.165) is 21.9 Å². The van der Waals surface area contributed by atoms with Gasteiger partial charge in [0.05, 0.1) is 5.41 Å². The van der Waals surface area contributed by atoms with Crippen LogP contribution in [0, 0.1) is 0 Å². The molecule has 2 aliphatic carbocycles. The van der Waals surface area contributed by atoms with Crippen LogP contribution in [0.5, 0.6) is 0 Å². The monoisotopic (exact) mass is 834 g/mol. The molecule has 0 radical (unpaired) electrons. The molecule has 0 unspecified atom stereocenters. The fraction of sp³-hybridized carbons (Fsp3) is 0.0154. The van der Waals surface area contributed by atoms with Gasteiger partial charge in [-0.15, -0.1) is 0 Å². The first-order chi connectivity index (χ1) is 32.7. The molecule has 1 aromatic heterocycles. The van der Waals surface area contributed by atoms with Gasteiger partial charge in [0.15, 0.2) is 0 Å². The Hall–Kier alpha value is -8.52. The predicted octanol–water partition coefficient (Wildman–Crippen LogP) is 17.5. The van der Waals surface area contributed by atoms with Crippen molar-refractivity contribution in [1.82, 2.24) is 0 Å². The van der Waals surface area contributed by atoms with E-state index in [1.165, 1.54) is 121 Å². The number of hydrogen-bond acceptors (Lipinski definition) is 1. The van der Waals surface area contributed by atoms with Gasteiger partial charge in [-0.25, -0.2) is 0 Å². The van der Waals surface area contributed by atoms with Crippen LogP contribution in [0.25, 0.3) is 121 Å². The van der Waals surface area contributed by atoms with E-state index in [0.29, 0.717) is 0 Å². The Kier molecular flexibility index (Phi) is 7.21. The van der Waals surface area contributed by atoms with Crippen molar-refractivity contribution in [2.45, 2.75) is 5.41 Å². The van der Waals surface area contributed by atoms with Crippen molar-refractivity contribution in [3.05, 3.63) is 253 Å². The lowest BCUT2D eigenvalue weighted by atomic mass is 9.68. The molecule has 0 N–H and O–H groups in total. The summed E-state index contributed by atoms with van der Waals surface area (Å²) < 4.78 is 6.24. The van der Waals surface area contributed by atoms with Gasteiger partial charge in [0.2, 0.25) is 0 Å².